The fourth-order valence-corrected chi connectivity index (χ4v) is 3.14. The van der Waals surface area contributed by atoms with Gasteiger partial charge in [0.05, 0.1) is 11.1 Å². The van der Waals surface area contributed by atoms with Crippen molar-refractivity contribution >= 4 is 30.2 Å². The number of rotatable bonds is 5. The Bertz CT molecular complexity index is 652. The Morgan fingerprint density at radius 1 is 1.20 bits per heavy atom. The number of hydrogen-bond acceptors (Lipinski definition) is 5. The first kappa shape index (κ1) is 19.5. The van der Waals surface area contributed by atoms with Crippen LogP contribution in [0.4, 0.5) is 0 Å². The highest BCUT2D eigenvalue weighted by molar-refractivity contribution is 6.19. The van der Waals surface area contributed by atoms with Crippen LogP contribution in [0.15, 0.2) is 34.8 Å². The predicted octanol–water partition coefficient (Wildman–Crippen LogP) is 3.29. The molecule has 0 amide bonds. The third kappa shape index (κ3) is 5.06. The molecule has 136 valence electrons. The lowest BCUT2D eigenvalue weighted by molar-refractivity contribution is -0.116. The molecule has 3 rings (SSSR count). The Kier molecular flexibility index (Phi) is 7.47. The number of ether oxygens (including phenoxy) is 1. The first-order valence-corrected chi connectivity index (χ1v) is 8.66. The predicted molar refractivity (Wildman–Crippen MR) is 102 cm³/mol. The zero-order valence-corrected chi connectivity index (χ0v) is 15.1. The molecule has 1 aromatic rings. The van der Waals surface area contributed by atoms with Crippen molar-refractivity contribution in [2.24, 2.45) is 4.99 Å². The van der Waals surface area contributed by atoms with Crippen LogP contribution in [-0.2, 0) is 4.79 Å². The number of halogens is 1. The molecule has 0 saturated carbocycles. The number of likely N-dealkylation sites (tertiary alicyclic amines) is 1. The van der Waals surface area contributed by atoms with Crippen molar-refractivity contribution in [1.29, 1.82) is 0 Å². The summed E-state index contributed by atoms with van der Waals surface area (Å²) in [6.07, 6.45) is 6.38. The molecule has 1 aromatic carbocycles. The van der Waals surface area contributed by atoms with E-state index in [0.29, 0.717) is 17.9 Å². The normalized spacial score (nSPS) is 18.5. The third-order valence-electron chi connectivity index (χ3n) is 4.49. The summed E-state index contributed by atoms with van der Waals surface area (Å²) in [4.78, 5) is 19.0. The van der Waals surface area contributed by atoms with Crippen LogP contribution in [0, 0.1) is 0 Å². The number of carbonyl (C=O) groups excluding carboxylic acids is 1. The van der Waals surface area contributed by atoms with Gasteiger partial charge in [-0.25, -0.2) is 0 Å². The van der Waals surface area contributed by atoms with E-state index in [1.165, 1.54) is 38.6 Å². The van der Waals surface area contributed by atoms with Gasteiger partial charge in [0.15, 0.2) is 6.61 Å². The number of aliphatic hydroxyl groups excluding tert-OH is 1. The zero-order valence-electron chi connectivity index (χ0n) is 14.3. The number of para-hydroxylation sites is 1. The van der Waals surface area contributed by atoms with Gasteiger partial charge in [-0.1, -0.05) is 18.6 Å². The molecule has 5 nitrogen and oxygen atoms in total. The lowest BCUT2D eigenvalue weighted by atomic mass is 10.1. The summed E-state index contributed by atoms with van der Waals surface area (Å²) in [5.41, 5.74) is 0.774. The van der Waals surface area contributed by atoms with Crippen molar-refractivity contribution in [3.05, 3.63) is 35.4 Å². The van der Waals surface area contributed by atoms with Crippen molar-refractivity contribution in [2.75, 3.05) is 32.8 Å². The fourth-order valence-electron chi connectivity index (χ4n) is 3.14. The lowest BCUT2D eigenvalue weighted by Crippen LogP contribution is -2.30. The SMILES string of the molecule is Cl.O=C1COc2ccccc2C(O)=C1C=NCCCN1CCCCC1. The maximum absolute atomic E-state index is 12.2. The van der Waals surface area contributed by atoms with Crippen LogP contribution in [0.2, 0.25) is 0 Å². The van der Waals surface area contributed by atoms with Gasteiger partial charge in [-0.3, -0.25) is 9.79 Å². The smallest absolute Gasteiger partial charge is 0.205 e. The first-order chi connectivity index (χ1) is 11.8. The largest absolute Gasteiger partial charge is 0.506 e. The standard InChI is InChI=1S/C19H24N2O3.ClH/c22-17-14-24-18-8-3-2-7-15(18)19(23)16(17)13-20-9-6-12-21-10-4-1-5-11-21;/h2-3,7-8,13,23H,1,4-6,9-12,14H2;1H. The van der Waals surface area contributed by atoms with E-state index < -0.39 is 0 Å². The monoisotopic (exact) mass is 364 g/mol. The van der Waals surface area contributed by atoms with Crippen LogP contribution in [0.1, 0.15) is 31.2 Å². The number of piperidine rings is 1. The Morgan fingerprint density at radius 2 is 1.96 bits per heavy atom. The molecule has 0 atom stereocenters. The number of ketones is 1. The van der Waals surface area contributed by atoms with Crippen molar-refractivity contribution < 1.29 is 14.6 Å². The molecule has 6 heteroatoms. The van der Waals surface area contributed by atoms with Gasteiger partial charge >= 0.3 is 0 Å². The number of carbonyl (C=O) groups is 1. The van der Waals surface area contributed by atoms with Crippen LogP contribution in [0.25, 0.3) is 5.76 Å². The van der Waals surface area contributed by atoms with Crippen LogP contribution < -0.4 is 4.74 Å². The van der Waals surface area contributed by atoms with Crippen LogP contribution in [0.3, 0.4) is 0 Å². The number of fused-ring (bicyclic) bond motifs is 1. The highest BCUT2D eigenvalue weighted by Gasteiger charge is 2.22. The van der Waals surface area contributed by atoms with Gasteiger partial charge in [0.1, 0.15) is 11.5 Å². The Balaban J connectivity index is 0.00000225. The number of Topliss-reactive ketones (excluding diaryl/α,β-unsaturated/α-hetero) is 1. The number of aliphatic hydroxyl groups is 1. The van der Waals surface area contributed by atoms with E-state index in [2.05, 4.69) is 9.89 Å². The molecule has 0 unspecified atom stereocenters. The van der Waals surface area contributed by atoms with Gasteiger partial charge in [0.2, 0.25) is 5.78 Å². The number of nitrogens with zero attached hydrogens (tertiary/aromatic N) is 2. The van der Waals surface area contributed by atoms with Gasteiger partial charge in [-0.15, -0.1) is 12.4 Å². The average molecular weight is 365 g/mol. The minimum Gasteiger partial charge on any atom is -0.506 e. The molecule has 0 radical (unpaired) electrons. The minimum atomic E-state index is -0.247. The average Bonchev–Trinajstić information content (AvgIpc) is 2.74. The summed E-state index contributed by atoms with van der Waals surface area (Å²) >= 11 is 0. The number of aliphatic imine (C=N–C) groups is 1. The molecule has 0 aromatic heterocycles. The number of benzene rings is 1. The molecule has 0 aliphatic carbocycles. The molecule has 1 N–H and O–H groups in total. The van der Waals surface area contributed by atoms with Crippen LogP contribution in [-0.4, -0.2) is 54.8 Å². The summed E-state index contributed by atoms with van der Waals surface area (Å²) in [7, 11) is 0. The molecule has 0 bridgehead atoms. The van der Waals surface area contributed by atoms with E-state index in [1.54, 1.807) is 12.1 Å². The molecular weight excluding hydrogens is 340 g/mol. The second-order valence-corrected chi connectivity index (χ2v) is 6.26. The topological polar surface area (TPSA) is 62.1 Å². The van der Waals surface area contributed by atoms with E-state index in [-0.39, 0.29) is 36.1 Å². The molecular formula is C19H25ClN2O3. The van der Waals surface area contributed by atoms with Crippen LogP contribution in [0.5, 0.6) is 5.75 Å². The first-order valence-electron chi connectivity index (χ1n) is 8.66. The van der Waals surface area contributed by atoms with E-state index in [4.69, 9.17) is 4.74 Å². The second-order valence-electron chi connectivity index (χ2n) is 6.26. The molecule has 2 aliphatic heterocycles. The molecule has 1 fully saturated rings. The van der Waals surface area contributed by atoms with E-state index >= 15 is 0 Å². The van der Waals surface area contributed by atoms with E-state index in [1.807, 2.05) is 12.1 Å². The molecule has 0 spiro atoms. The van der Waals surface area contributed by atoms with Gasteiger partial charge in [0, 0.05) is 12.8 Å². The maximum atomic E-state index is 12.2. The summed E-state index contributed by atoms with van der Waals surface area (Å²) < 4.78 is 5.45. The Labute approximate surface area is 154 Å². The van der Waals surface area contributed by atoms with Crippen molar-refractivity contribution in [3.8, 4) is 5.75 Å². The quantitative estimate of drug-likeness (QED) is 0.643. The van der Waals surface area contributed by atoms with Gasteiger partial charge < -0.3 is 14.7 Å². The third-order valence-corrected chi connectivity index (χ3v) is 4.49. The molecule has 2 heterocycles. The molecule has 25 heavy (non-hydrogen) atoms. The van der Waals surface area contributed by atoms with Crippen molar-refractivity contribution in [2.45, 2.75) is 25.7 Å². The van der Waals surface area contributed by atoms with Gasteiger partial charge in [-0.05, 0) is 51.0 Å². The molecule has 2 aliphatic rings. The Morgan fingerprint density at radius 3 is 2.76 bits per heavy atom. The lowest BCUT2D eigenvalue weighted by Gasteiger charge is -2.25. The zero-order chi connectivity index (χ0) is 16.8. The second kappa shape index (κ2) is 9.59. The summed E-state index contributed by atoms with van der Waals surface area (Å²) in [6, 6.07) is 7.11. The molecule has 1 saturated heterocycles. The summed E-state index contributed by atoms with van der Waals surface area (Å²) in [5, 5.41) is 10.4. The van der Waals surface area contributed by atoms with Gasteiger partial charge in [-0.2, -0.15) is 0 Å². The van der Waals surface area contributed by atoms with Gasteiger partial charge in [0.25, 0.3) is 0 Å². The van der Waals surface area contributed by atoms with E-state index in [0.717, 1.165) is 13.0 Å². The number of hydrogen-bond donors (Lipinski definition) is 1. The minimum absolute atomic E-state index is 0. The fraction of sp³-hybridized carbons (Fsp3) is 0.474. The van der Waals surface area contributed by atoms with Crippen molar-refractivity contribution in [1.82, 2.24) is 4.90 Å². The highest BCUT2D eigenvalue weighted by Crippen LogP contribution is 2.28. The van der Waals surface area contributed by atoms with Crippen molar-refractivity contribution in [3.63, 3.8) is 0 Å². The Hall–Kier alpha value is -1.85. The van der Waals surface area contributed by atoms with Crippen LogP contribution >= 0.6 is 12.4 Å². The maximum Gasteiger partial charge on any atom is 0.205 e. The highest BCUT2D eigenvalue weighted by atomic mass is 35.5. The summed E-state index contributed by atoms with van der Waals surface area (Å²) in [6.45, 7) is 3.99. The summed E-state index contributed by atoms with van der Waals surface area (Å²) in [5.74, 6) is 0.230. The van der Waals surface area contributed by atoms with E-state index in [9.17, 15) is 9.90 Å².